The van der Waals surface area contributed by atoms with E-state index < -0.39 is 0 Å². The second kappa shape index (κ2) is 3.98. The van der Waals surface area contributed by atoms with Crippen molar-refractivity contribution in [1.29, 1.82) is 0 Å². The van der Waals surface area contributed by atoms with Gasteiger partial charge in [-0.1, -0.05) is 12.8 Å². The lowest BCUT2D eigenvalue weighted by molar-refractivity contribution is -0.0211. The maximum absolute atomic E-state index is 4.07. The molecule has 1 N–H and O–H groups in total. The zero-order valence-electron chi connectivity index (χ0n) is 11.1. The zero-order chi connectivity index (χ0) is 11.3. The summed E-state index contributed by atoms with van der Waals surface area (Å²) in [5, 5.41) is 4.07. The van der Waals surface area contributed by atoms with Crippen molar-refractivity contribution in [3.05, 3.63) is 0 Å². The summed E-state index contributed by atoms with van der Waals surface area (Å²) in [6, 6.07) is 0. The Morgan fingerprint density at radius 1 is 0.824 bits per heavy atom. The summed E-state index contributed by atoms with van der Waals surface area (Å²) in [5.41, 5.74) is 0.608. The highest BCUT2D eigenvalue weighted by atomic mass is 15.0. The molecule has 0 heterocycles. The van der Waals surface area contributed by atoms with Gasteiger partial charge in [-0.2, -0.15) is 0 Å². The van der Waals surface area contributed by atoms with Crippen molar-refractivity contribution in [3.8, 4) is 0 Å². The van der Waals surface area contributed by atoms with Gasteiger partial charge >= 0.3 is 0 Å². The van der Waals surface area contributed by atoms with Crippen molar-refractivity contribution < 1.29 is 0 Å². The molecule has 0 atom stereocenters. The first kappa shape index (κ1) is 10.8. The predicted molar refractivity (Wildman–Crippen MR) is 70.9 cm³/mol. The van der Waals surface area contributed by atoms with Crippen molar-refractivity contribution in [2.24, 2.45) is 23.7 Å². The van der Waals surface area contributed by atoms with Gasteiger partial charge in [0.2, 0.25) is 0 Å². The van der Waals surface area contributed by atoms with Crippen molar-refractivity contribution in [2.45, 2.75) is 69.7 Å². The van der Waals surface area contributed by atoms with Crippen LogP contribution in [0.3, 0.4) is 0 Å². The molecule has 0 saturated heterocycles. The lowest BCUT2D eigenvalue weighted by Crippen LogP contribution is -2.59. The molecule has 0 amide bonds. The summed E-state index contributed by atoms with van der Waals surface area (Å²) >= 11 is 0. The van der Waals surface area contributed by atoms with Gasteiger partial charge in [-0.05, 0) is 81.6 Å². The molecule has 17 heavy (non-hydrogen) atoms. The standard InChI is InChI=1S/C16H27N/c1-2-4-12(3-1)11-17-16-8-13-5-14(9-16)7-15(6-13)10-16/h12-15,17H,1-11H2. The Morgan fingerprint density at radius 3 is 1.88 bits per heavy atom. The molecule has 5 saturated carbocycles. The van der Waals surface area contributed by atoms with Crippen molar-refractivity contribution in [3.63, 3.8) is 0 Å². The Bertz CT molecular complexity index is 255. The van der Waals surface area contributed by atoms with Gasteiger partial charge in [-0.25, -0.2) is 0 Å². The van der Waals surface area contributed by atoms with Crippen LogP contribution >= 0.6 is 0 Å². The third-order valence-corrected chi connectivity index (χ3v) is 6.28. The molecule has 0 spiro atoms. The SMILES string of the molecule is C1CCC(CNC23CC4CC(CC(C4)C2)C3)C1. The van der Waals surface area contributed by atoms with E-state index in [0.29, 0.717) is 5.54 Å². The van der Waals surface area contributed by atoms with Crippen LogP contribution < -0.4 is 5.32 Å². The maximum Gasteiger partial charge on any atom is 0.0189 e. The van der Waals surface area contributed by atoms with E-state index in [2.05, 4.69) is 5.32 Å². The van der Waals surface area contributed by atoms with Gasteiger partial charge in [0.15, 0.2) is 0 Å². The van der Waals surface area contributed by atoms with Crippen LogP contribution in [0.25, 0.3) is 0 Å². The molecule has 4 bridgehead atoms. The first-order valence-electron chi connectivity index (χ1n) is 8.06. The number of rotatable bonds is 3. The molecule has 5 aliphatic rings. The van der Waals surface area contributed by atoms with Crippen molar-refractivity contribution >= 4 is 0 Å². The minimum atomic E-state index is 0.608. The van der Waals surface area contributed by atoms with Gasteiger partial charge in [0.05, 0.1) is 0 Å². The van der Waals surface area contributed by atoms with E-state index in [1.807, 2.05) is 0 Å². The highest BCUT2D eigenvalue weighted by molar-refractivity contribution is 5.06. The minimum Gasteiger partial charge on any atom is -0.311 e. The van der Waals surface area contributed by atoms with E-state index in [4.69, 9.17) is 0 Å². The van der Waals surface area contributed by atoms with Crippen LogP contribution in [0.5, 0.6) is 0 Å². The maximum atomic E-state index is 4.07. The van der Waals surface area contributed by atoms with E-state index in [9.17, 15) is 0 Å². The van der Waals surface area contributed by atoms with Crippen LogP contribution in [-0.4, -0.2) is 12.1 Å². The number of hydrogen-bond acceptors (Lipinski definition) is 1. The normalized spacial score (nSPS) is 49.1. The van der Waals surface area contributed by atoms with Gasteiger partial charge in [0.1, 0.15) is 0 Å². The summed E-state index contributed by atoms with van der Waals surface area (Å²) < 4.78 is 0. The summed E-state index contributed by atoms with van der Waals surface area (Å²) in [6.07, 6.45) is 15.3. The smallest absolute Gasteiger partial charge is 0.0189 e. The highest BCUT2D eigenvalue weighted by Gasteiger charge is 2.50. The van der Waals surface area contributed by atoms with Crippen LogP contribution in [0.1, 0.15) is 64.2 Å². The molecule has 1 heteroatoms. The molecule has 1 nitrogen and oxygen atoms in total. The second-order valence-corrected chi connectivity index (χ2v) is 7.73. The molecule has 5 fully saturated rings. The summed E-state index contributed by atoms with van der Waals surface area (Å²) in [4.78, 5) is 0. The molecule has 5 rings (SSSR count). The molecule has 5 aliphatic carbocycles. The summed E-state index contributed by atoms with van der Waals surface area (Å²) in [7, 11) is 0. The fraction of sp³-hybridized carbons (Fsp3) is 1.00. The van der Waals surface area contributed by atoms with Crippen LogP contribution in [-0.2, 0) is 0 Å². The van der Waals surface area contributed by atoms with Crippen LogP contribution in [0.15, 0.2) is 0 Å². The van der Waals surface area contributed by atoms with Crippen LogP contribution in [0.2, 0.25) is 0 Å². The molecule has 0 aromatic heterocycles. The topological polar surface area (TPSA) is 12.0 Å². The van der Waals surface area contributed by atoms with Crippen molar-refractivity contribution in [1.82, 2.24) is 5.32 Å². The van der Waals surface area contributed by atoms with E-state index in [1.165, 1.54) is 51.5 Å². The van der Waals surface area contributed by atoms with Crippen molar-refractivity contribution in [2.75, 3.05) is 6.54 Å². The first-order chi connectivity index (χ1) is 8.31. The first-order valence-corrected chi connectivity index (χ1v) is 8.06. The van der Waals surface area contributed by atoms with E-state index in [1.54, 1.807) is 19.3 Å². The molecule has 0 aromatic rings. The third kappa shape index (κ3) is 1.95. The van der Waals surface area contributed by atoms with Gasteiger partial charge < -0.3 is 5.32 Å². The van der Waals surface area contributed by atoms with Crippen LogP contribution in [0.4, 0.5) is 0 Å². The Kier molecular flexibility index (Phi) is 2.54. The lowest BCUT2D eigenvalue weighted by atomic mass is 9.53. The van der Waals surface area contributed by atoms with Gasteiger partial charge in [-0.3, -0.25) is 0 Å². The Morgan fingerprint density at radius 2 is 1.35 bits per heavy atom. The van der Waals surface area contributed by atoms with E-state index >= 15 is 0 Å². The third-order valence-electron chi connectivity index (χ3n) is 6.28. The number of nitrogens with one attached hydrogen (secondary N) is 1. The van der Waals surface area contributed by atoms with E-state index in [-0.39, 0.29) is 0 Å². The monoisotopic (exact) mass is 233 g/mol. The average Bonchev–Trinajstić information content (AvgIpc) is 2.77. The van der Waals surface area contributed by atoms with Gasteiger partial charge in [0.25, 0.3) is 0 Å². The second-order valence-electron chi connectivity index (χ2n) is 7.73. The molecule has 0 aliphatic heterocycles. The van der Waals surface area contributed by atoms with E-state index in [0.717, 1.165) is 23.7 Å². The Labute approximate surface area is 106 Å². The fourth-order valence-corrected chi connectivity index (χ4v) is 5.90. The largest absolute Gasteiger partial charge is 0.311 e. The fourth-order valence-electron chi connectivity index (χ4n) is 5.90. The molecule has 0 unspecified atom stereocenters. The summed E-state index contributed by atoms with van der Waals surface area (Å²) in [5.74, 6) is 4.30. The quantitative estimate of drug-likeness (QED) is 0.783. The zero-order valence-corrected chi connectivity index (χ0v) is 11.1. The minimum absolute atomic E-state index is 0.608. The molecular weight excluding hydrogens is 206 g/mol. The van der Waals surface area contributed by atoms with Gasteiger partial charge in [-0.15, -0.1) is 0 Å². The Hall–Kier alpha value is -0.0400. The lowest BCUT2D eigenvalue weighted by Gasteiger charge is -2.57. The predicted octanol–water partition coefficient (Wildman–Crippen LogP) is 3.74. The number of hydrogen-bond donors (Lipinski definition) is 1. The molecule has 0 radical (unpaired) electrons. The molecular formula is C16H27N. The van der Waals surface area contributed by atoms with Gasteiger partial charge in [0, 0.05) is 5.54 Å². The average molecular weight is 233 g/mol. The molecule has 96 valence electrons. The molecule has 0 aromatic carbocycles. The van der Waals surface area contributed by atoms with Crippen LogP contribution in [0, 0.1) is 23.7 Å². The Balaban J connectivity index is 1.42. The highest BCUT2D eigenvalue weighted by Crippen LogP contribution is 2.55. The summed E-state index contributed by atoms with van der Waals surface area (Å²) in [6.45, 7) is 1.34.